The van der Waals surface area contributed by atoms with Crippen LogP contribution < -0.4 is 0 Å². The quantitative estimate of drug-likeness (QED) is 0.302. The number of rotatable bonds is 0. The summed E-state index contributed by atoms with van der Waals surface area (Å²) in [6.07, 6.45) is 3.22. The monoisotopic (exact) mass is 494 g/mol. The summed E-state index contributed by atoms with van der Waals surface area (Å²) in [6.45, 7) is 14.9. The second kappa shape index (κ2) is 6.93. The van der Waals surface area contributed by atoms with E-state index in [0.717, 1.165) is 31.3 Å². The lowest BCUT2D eigenvalue weighted by molar-refractivity contribution is -0.154. The summed E-state index contributed by atoms with van der Waals surface area (Å²) in [5.41, 5.74) is 2.82. The topological polar surface area (TPSA) is 93.1 Å². The minimum Gasteiger partial charge on any atom is -0.462 e. The maximum Gasteiger partial charge on any atom is 0.334 e. The van der Waals surface area contributed by atoms with Gasteiger partial charge in [-0.2, -0.15) is 0 Å². The second-order valence-corrected chi connectivity index (χ2v) is 13.6. The van der Waals surface area contributed by atoms with Gasteiger partial charge in [-0.25, -0.2) is 4.79 Å². The van der Waals surface area contributed by atoms with Crippen LogP contribution in [0, 0.1) is 45.8 Å². The molecule has 0 aromatic rings. The van der Waals surface area contributed by atoms with Crippen molar-refractivity contribution in [2.24, 2.45) is 45.8 Å². The Morgan fingerprint density at radius 3 is 2.47 bits per heavy atom. The van der Waals surface area contributed by atoms with Gasteiger partial charge in [0.2, 0.25) is 0 Å². The Morgan fingerprint density at radius 1 is 0.972 bits per heavy atom. The number of hydrogen-bond donors (Lipinski definition) is 2. The van der Waals surface area contributed by atoms with Crippen LogP contribution in [0.25, 0.3) is 0 Å². The Labute approximate surface area is 212 Å². The van der Waals surface area contributed by atoms with Gasteiger partial charge in [-0.3, -0.25) is 4.79 Å². The molecule has 12 atom stereocenters. The van der Waals surface area contributed by atoms with E-state index in [0.29, 0.717) is 36.7 Å². The predicted molar refractivity (Wildman–Crippen MR) is 131 cm³/mol. The number of allylic oxidation sites excluding steroid dienone is 2. The van der Waals surface area contributed by atoms with Crippen LogP contribution in [0.2, 0.25) is 0 Å². The van der Waals surface area contributed by atoms with Crippen molar-refractivity contribution < 1.29 is 29.3 Å². The van der Waals surface area contributed by atoms with Gasteiger partial charge in [-0.05, 0) is 61.9 Å². The van der Waals surface area contributed by atoms with E-state index >= 15 is 0 Å². The number of hydrogen-bond acceptors (Lipinski definition) is 6. The summed E-state index contributed by atoms with van der Waals surface area (Å²) >= 11 is 0. The number of aliphatic hydroxyl groups is 2. The predicted octanol–water partition coefficient (Wildman–Crippen LogP) is 3.87. The number of ether oxygens (including phenoxy) is 2. The number of esters is 2. The van der Waals surface area contributed by atoms with Crippen molar-refractivity contribution >= 4 is 11.9 Å². The average Bonchev–Trinajstić information content (AvgIpc) is 3.41. The molecule has 0 aromatic carbocycles. The van der Waals surface area contributed by atoms with Gasteiger partial charge in [-0.1, -0.05) is 45.1 Å². The Kier molecular flexibility index (Phi) is 4.47. The zero-order valence-electron chi connectivity index (χ0n) is 21.6. The Morgan fingerprint density at radius 2 is 1.72 bits per heavy atom. The standard InChI is InChI=1S/C30H38O6/c1-13-6-22-17(14(2)26(33)35-22)7-20-25(13)16-10-29(20,5)30(11-16)19-8-18-15(3)21(31)9-24(32)28(18,4)12-23(19)36-27(30)34/h13,16-19,21-24,31-32H,2-3,6-12H2,1,4-5H3/t13-,16+,17+,18-,19-,21+,22-,23+,24-,28+,29+,30+/m0/s1. The van der Waals surface area contributed by atoms with Crippen molar-refractivity contribution in [3.8, 4) is 0 Å². The SMILES string of the molecule is C=C1C(=O)O[C@H]2C[C@H](C)C3=C(C[C@H]12)[C@@]1(C)C[C@@H]3C[C@@]12C(=O)O[C@@H]1C[C@@]3(C)[C@@H](O)C[C@@H](O)C(=C)[C@@H]3C[C@@H]12. The summed E-state index contributed by atoms with van der Waals surface area (Å²) in [6, 6.07) is 0. The van der Waals surface area contributed by atoms with Gasteiger partial charge >= 0.3 is 11.9 Å². The molecule has 6 heteroatoms. The minimum absolute atomic E-state index is 0.0213. The minimum atomic E-state index is -0.709. The van der Waals surface area contributed by atoms with Crippen LogP contribution in [0.3, 0.4) is 0 Å². The first-order valence-corrected chi connectivity index (χ1v) is 13.8. The van der Waals surface area contributed by atoms with E-state index in [1.807, 2.05) is 0 Å². The maximum absolute atomic E-state index is 14.0. The zero-order chi connectivity index (χ0) is 25.5. The van der Waals surface area contributed by atoms with Gasteiger partial charge in [0.25, 0.3) is 0 Å². The van der Waals surface area contributed by atoms with Crippen molar-refractivity contribution in [2.75, 3.05) is 0 Å². The number of aliphatic hydroxyl groups excluding tert-OH is 2. The molecule has 2 bridgehead atoms. The highest BCUT2D eigenvalue weighted by atomic mass is 16.6. The van der Waals surface area contributed by atoms with Crippen molar-refractivity contribution in [1.29, 1.82) is 0 Å². The molecule has 0 amide bonds. The van der Waals surface area contributed by atoms with E-state index in [-0.39, 0.29) is 47.3 Å². The lowest BCUT2D eigenvalue weighted by Gasteiger charge is -2.56. The molecule has 5 aliphatic carbocycles. The lowest BCUT2D eigenvalue weighted by Crippen LogP contribution is -2.57. The maximum atomic E-state index is 14.0. The molecule has 0 radical (unpaired) electrons. The first kappa shape index (κ1) is 23.2. The highest BCUT2D eigenvalue weighted by Crippen LogP contribution is 2.76. The van der Waals surface area contributed by atoms with Crippen LogP contribution in [0.15, 0.2) is 35.5 Å². The van der Waals surface area contributed by atoms with E-state index in [2.05, 4.69) is 33.9 Å². The third-order valence-electron chi connectivity index (χ3n) is 12.3. The molecule has 0 unspecified atom stereocenters. The number of fused-ring (bicyclic) bond motifs is 9. The summed E-state index contributed by atoms with van der Waals surface area (Å²) < 4.78 is 12.0. The summed E-state index contributed by atoms with van der Waals surface area (Å²) in [7, 11) is 0. The number of carbonyl (C=O) groups excluding carboxylic acids is 2. The summed E-state index contributed by atoms with van der Waals surface area (Å²) in [5, 5.41) is 21.6. The normalized spacial score (nSPS) is 55.2. The van der Waals surface area contributed by atoms with E-state index < -0.39 is 23.0 Å². The first-order chi connectivity index (χ1) is 16.9. The molecule has 0 aromatic heterocycles. The molecule has 2 aliphatic heterocycles. The first-order valence-electron chi connectivity index (χ1n) is 13.8. The van der Waals surface area contributed by atoms with Crippen molar-refractivity contribution in [3.63, 3.8) is 0 Å². The van der Waals surface area contributed by atoms with E-state index in [4.69, 9.17) is 9.47 Å². The van der Waals surface area contributed by atoms with E-state index in [9.17, 15) is 19.8 Å². The molecule has 5 fully saturated rings. The van der Waals surface area contributed by atoms with Crippen LogP contribution in [0.1, 0.15) is 65.7 Å². The average molecular weight is 495 g/mol. The molecule has 2 saturated heterocycles. The zero-order valence-corrected chi connectivity index (χ0v) is 21.6. The third kappa shape index (κ3) is 2.47. The lowest BCUT2D eigenvalue weighted by atomic mass is 9.47. The van der Waals surface area contributed by atoms with Crippen molar-refractivity contribution in [1.82, 2.24) is 0 Å². The molecule has 7 rings (SSSR count). The van der Waals surface area contributed by atoms with E-state index in [1.54, 1.807) is 0 Å². The molecular formula is C30H38O6. The summed E-state index contributed by atoms with van der Waals surface area (Å²) in [4.78, 5) is 26.4. The third-order valence-corrected chi connectivity index (χ3v) is 12.3. The fraction of sp³-hybridized carbons (Fsp3) is 0.733. The van der Waals surface area contributed by atoms with E-state index in [1.165, 1.54) is 11.1 Å². The smallest absolute Gasteiger partial charge is 0.334 e. The Hall–Kier alpha value is -1.92. The van der Waals surface area contributed by atoms with Gasteiger partial charge in [0.1, 0.15) is 12.2 Å². The molecule has 7 aliphatic rings. The fourth-order valence-corrected chi connectivity index (χ4v) is 10.5. The molecule has 1 spiro atoms. The molecule has 3 saturated carbocycles. The second-order valence-electron chi connectivity index (χ2n) is 13.6. The molecular weight excluding hydrogens is 456 g/mol. The van der Waals surface area contributed by atoms with Crippen LogP contribution in [-0.4, -0.2) is 46.6 Å². The molecule has 36 heavy (non-hydrogen) atoms. The van der Waals surface area contributed by atoms with Crippen LogP contribution in [0.4, 0.5) is 0 Å². The van der Waals surface area contributed by atoms with Crippen LogP contribution >= 0.6 is 0 Å². The van der Waals surface area contributed by atoms with Gasteiger partial charge in [0.05, 0.1) is 17.6 Å². The Bertz CT molecular complexity index is 1150. The van der Waals surface area contributed by atoms with Crippen LogP contribution in [-0.2, 0) is 19.1 Å². The summed E-state index contributed by atoms with van der Waals surface area (Å²) in [5.74, 6) is 0.259. The largest absolute Gasteiger partial charge is 0.462 e. The van der Waals surface area contributed by atoms with Gasteiger partial charge in [0, 0.05) is 34.7 Å². The van der Waals surface area contributed by atoms with Gasteiger partial charge < -0.3 is 19.7 Å². The highest BCUT2D eigenvalue weighted by Gasteiger charge is 2.76. The van der Waals surface area contributed by atoms with Crippen molar-refractivity contribution in [3.05, 3.63) is 35.5 Å². The molecule has 6 nitrogen and oxygen atoms in total. The molecule has 194 valence electrons. The number of carbonyl (C=O) groups is 2. The fourth-order valence-electron chi connectivity index (χ4n) is 10.5. The van der Waals surface area contributed by atoms with Crippen molar-refractivity contribution in [2.45, 2.75) is 90.1 Å². The molecule has 2 N–H and O–H groups in total. The van der Waals surface area contributed by atoms with Gasteiger partial charge in [-0.15, -0.1) is 0 Å². The molecule has 2 heterocycles. The van der Waals surface area contributed by atoms with Crippen LogP contribution in [0.5, 0.6) is 0 Å². The van der Waals surface area contributed by atoms with Gasteiger partial charge in [0.15, 0.2) is 0 Å². The highest BCUT2D eigenvalue weighted by molar-refractivity contribution is 5.91. The Balaban J connectivity index is 1.30.